The summed E-state index contributed by atoms with van der Waals surface area (Å²) in [6, 6.07) is 0. The van der Waals surface area contributed by atoms with Gasteiger partial charge in [0.25, 0.3) is 5.79 Å². The topological polar surface area (TPSA) is 141 Å². The zero-order valence-electron chi connectivity index (χ0n) is 13.6. The van der Waals surface area contributed by atoms with Crippen LogP contribution in [0.5, 0.6) is 0 Å². The number of ether oxygens (including phenoxy) is 2. The van der Waals surface area contributed by atoms with Gasteiger partial charge in [-0.2, -0.15) is 4.68 Å². The van der Waals surface area contributed by atoms with Gasteiger partial charge in [0, 0.05) is 0 Å². The summed E-state index contributed by atoms with van der Waals surface area (Å²) >= 11 is 0. The van der Waals surface area contributed by atoms with Gasteiger partial charge in [-0.25, -0.2) is 9.97 Å². The molecule has 1 saturated heterocycles. The van der Waals surface area contributed by atoms with Crippen molar-refractivity contribution in [3.63, 3.8) is 0 Å². The molecule has 10 nitrogen and oxygen atoms in total. The second-order valence-corrected chi connectivity index (χ2v) is 5.93. The Labute approximate surface area is 142 Å². The van der Waals surface area contributed by atoms with Crippen LogP contribution in [-0.4, -0.2) is 59.8 Å². The van der Waals surface area contributed by atoms with Crippen molar-refractivity contribution in [3.05, 3.63) is 6.33 Å². The number of aliphatic hydroxyl groups excluding tert-OH is 2. The first-order valence-electron chi connectivity index (χ1n) is 7.36. The summed E-state index contributed by atoms with van der Waals surface area (Å²) in [5, 5.41) is 28.5. The maximum atomic E-state index is 10.4. The minimum absolute atomic E-state index is 0. The Morgan fingerprint density at radius 2 is 2.20 bits per heavy atom. The highest BCUT2D eigenvalue weighted by atomic mass is 19.0. The molecule has 3 rings (SSSR count). The summed E-state index contributed by atoms with van der Waals surface area (Å²) in [7, 11) is 0. The molecule has 0 aliphatic carbocycles. The van der Waals surface area contributed by atoms with E-state index in [1.807, 2.05) is 13.8 Å². The SMILES string of the molecule is C#C[C@]1(OCC(C)C)O[C@@H](n2nnc3c(N)ncnc32)[C@H](O)[C@@H]1O.F. The van der Waals surface area contributed by atoms with Gasteiger partial charge in [-0.1, -0.05) is 19.1 Å². The molecule has 4 N–H and O–H groups in total. The largest absolute Gasteiger partial charge is 0.385 e. The number of hydrogen-bond acceptors (Lipinski definition) is 9. The van der Waals surface area contributed by atoms with E-state index in [0.29, 0.717) is 0 Å². The van der Waals surface area contributed by atoms with Crippen molar-refractivity contribution >= 4 is 17.0 Å². The van der Waals surface area contributed by atoms with Gasteiger partial charge in [-0.05, 0) is 11.8 Å². The Hall–Kier alpha value is -2.39. The fraction of sp³-hybridized carbons (Fsp3) is 0.571. The van der Waals surface area contributed by atoms with E-state index >= 15 is 0 Å². The summed E-state index contributed by atoms with van der Waals surface area (Å²) in [6.45, 7) is 4.09. The van der Waals surface area contributed by atoms with Gasteiger partial charge in [0.15, 0.2) is 29.3 Å². The van der Waals surface area contributed by atoms with Crippen LogP contribution in [0.4, 0.5) is 10.5 Å². The van der Waals surface area contributed by atoms with Crippen molar-refractivity contribution in [1.29, 1.82) is 0 Å². The molecule has 0 amide bonds. The Balaban J connectivity index is 0.00000225. The Morgan fingerprint density at radius 3 is 2.84 bits per heavy atom. The van der Waals surface area contributed by atoms with E-state index in [9.17, 15) is 10.2 Å². The lowest BCUT2D eigenvalue weighted by Crippen LogP contribution is -2.45. The van der Waals surface area contributed by atoms with E-state index < -0.39 is 24.2 Å². The first kappa shape index (κ1) is 18.9. The maximum Gasteiger partial charge on any atom is 0.265 e. The number of anilines is 1. The molecule has 2 aromatic heterocycles. The quantitative estimate of drug-likeness (QED) is 0.602. The van der Waals surface area contributed by atoms with Crippen LogP contribution in [-0.2, 0) is 9.47 Å². The Kier molecular flexibility index (Phi) is 5.19. The zero-order chi connectivity index (χ0) is 17.5. The molecule has 0 unspecified atom stereocenters. The van der Waals surface area contributed by atoms with E-state index in [1.165, 1.54) is 11.0 Å². The molecule has 0 aromatic carbocycles. The Bertz CT molecular complexity index is 793. The minimum Gasteiger partial charge on any atom is -0.385 e. The van der Waals surface area contributed by atoms with E-state index in [1.54, 1.807) is 0 Å². The van der Waals surface area contributed by atoms with Gasteiger partial charge < -0.3 is 25.4 Å². The van der Waals surface area contributed by atoms with Gasteiger partial charge in [-0.15, -0.1) is 11.5 Å². The summed E-state index contributed by atoms with van der Waals surface area (Å²) in [5.74, 6) is 0.797. The number of terminal acetylenes is 1. The second-order valence-electron chi connectivity index (χ2n) is 5.93. The third-order valence-corrected chi connectivity index (χ3v) is 3.66. The van der Waals surface area contributed by atoms with Crippen molar-refractivity contribution < 1.29 is 24.4 Å². The van der Waals surface area contributed by atoms with E-state index in [0.717, 1.165) is 0 Å². The highest BCUT2D eigenvalue weighted by Gasteiger charge is 2.56. The van der Waals surface area contributed by atoms with Crippen molar-refractivity contribution in [2.75, 3.05) is 12.3 Å². The molecule has 25 heavy (non-hydrogen) atoms. The molecule has 1 aliphatic rings. The van der Waals surface area contributed by atoms with E-state index in [-0.39, 0.29) is 34.2 Å². The normalized spacial score (nSPS) is 28.9. The minimum atomic E-state index is -1.79. The second kappa shape index (κ2) is 6.85. The van der Waals surface area contributed by atoms with Crippen LogP contribution in [0.3, 0.4) is 0 Å². The molecule has 0 spiro atoms. The van der Waals surface area contributed by atoms with Gasteiger partial charge in [0.1, 0.15) is 12.4 Å². The summed E-state index contributed by atoms with van der Waals surface area (Å²) in [4.78, 5) is 7.85. The molecule has 0 radical (unpaired) electrons. The monoisotopic (exact) mass is 354 g/mol. The molecule has 0 saturated carbocycles. The molecule has 136 valence electrons. The smallest absolute Gasteiger partial charge is 0.265 e. The van der Waals surface area contributed by atoms with Crippen molar-refractivity contribution in [3.8, 4) is 12.3 Å². The van der Waals surface area contributed by atoms with Gasteiger partial charge in [0.2, 0.25) is 0 Å². The first-order chi connectivity index (χ1) is 11.4. The average molecular weight is 354 g/mol. The molecular weight excluding hydrogens is 335 g/mol. The average Bonchev–Trinajstić information content (AvgIpc) is 3.09. The predicted molar refractivity (Wildman–Crippen MR) is 84.5 cm³/mol. The lowest BCUT2D eigenvalue weighted by atomic mass is 10.1. The van der Waals surface area contributed by atoms with Crippen LogP contribution in [0.15, 0.2) is 6.33 Å². The number of nitrogens with two attached hydrogens (primary N) is 1. The first-order valence-corrected chi connectivity index (χ1v) is 7.36. The van der Waals surface area contributed by atoms with Crippen LogP contribution in [0, 0.1) is 18.3 Å². The molecule has 4 atom stereocenters. The summed E-state index contributed by atoms with van der Waals surface area (Å²) < 4.78 is 12.4. The number of aromatic nitrogens is 5. The molecule has 1 fully saturated rings. The fourth-order valence-electron chi connectivity index (χ4n) is 2.42. The lowest BCUT2D eigenvalue weighted by molar-refractivity contribution is -0.233. The number of halogens is 1. The van der Waals surface area contributed by atoms with Crippen LogP contribution >= 0.6 is 0 Å². The number of rotatable bonds is 4. The molecule has 3 heterocycles. The third kappa shape index (κ3) is 3.00. The Morgan fingerprint density at radius 1 is 1.48 bits per heavy atom. The summed E-state index contributed by atoms with van der Waals surface area (Å²) in [5.41, 5.74) is 6.21. The number of nitrogens with zero attached hydrogens (tertiary/aromatic N) is 5. The standard InChI is InChI=1S/C14H18N6O4.FH/c1-4-14(23-5-7(2)3)10(22)9(21)13(24-14)20-12-8(18-19-20)11(15)16-6-17-12;/h1,6-7,9-10,13,21-22H,5H2,2-3H3,(H2,15,16,17);1H/t9-,10+,13-,14+;/m1./s1. The highest BCUT2D eigenvalue weighted by molar-refractivity contribution is 5.80. The van der Waals surface area contributed by atoms with Crippen LogP contribution in [0.25, 0.3) is 11.2 Å². The fourth-order valence-corrected chi connectivity index (χ4v) is 2.42. The van der Waals surface area contributed by atoms with Crippen molar-refractivity contribution in [1.82, 2.24) is 25.0 Å². The van der Waals surface area contributed by atoms with Crippen molar-refractivity contribution in [2.24, 2.45) is 5.92 Å². The van der Waals surface area contributed by atoms with Gasteiger partial charge in [0.05, 0.1) is 6.61 Å². The number of fused-ring (bicyclic) bond motifs is 1. The van der Waals surface area contributed by atoms with Crippen LogP contribution < -0.4 is 5.73 Å². The summed E-state index contributed by atoms with van der Waals surface area (Å²) in [6.07, 6.45) is 2.73. The molecule has 1 aliphatic heterocycles. The zero-order valence-corrected chi connectivity index (χ0v) is 13.6. The molecular formula is C14H19FN6O4. The van der Waals surface area contributed by atoms with Crippen molar-refractivity contribution in [2.45, 2.75) is 38.1 Å². The predicted octanol–water partition coefficient (Wildman–Crippen LogP) is -0.791. The van der Waals surface area contributed by atoms with Crippen LogP contribution in [0.2, 0.25) is 0 Å². The van der Waals surface area contributed by atoms with E-state index in [2.05, 4.69) is 26.2 Å². The number of hydrogen-bond donors (Lipinski definition) is 3. The highest BCUT2D eigenvalue weighted by Crippen LogP contribution is 2.38. The number of nitrogen functional groups attached to an aromatic ring is 1. The molecule has 0 bridgehead atoms. The van der Waals surface area contributed by atoms with Gasteiger partial charge >= 0.3 is 0 Å². The number of aliphatic hydroxyl groups is 2. The third-order valence-electron chi connectivity index (χ3n) is 3.66. The lowest BCUT2D eigenvalue weighted by Gasteiger charge is -2.27. The molecule has 2 aromatic rings. The van der Waals surface area contributed by atoms with E-state index in [4.69, 9.17) is 21.6 Å². The molecule has 11 heteroatoms. The van der Waals surface area contributed by atoms with Gasteiger partial charge in [-0.3, -0.25) is 4.70 Å². The van der Waals surface area contributed by atoms with Crippen LogP contribution in [0.1, 0.15) is 20.1 Å². The maximum absolute atomic E-state index is 10.4.